The summed E-state index contributed by atoms with van der Waals surface area (Å²) >= 11 is 1.50. The molecule has 86 valence electrons. The van der Waals surface area contributed by atoms with E-state index >= 15 is 0 Å². The van der Waals surface area contributed by atoms with Crippen LogP contribution in [0, 0.1) is 0 Å². The normalized spacial score (nSPS) is 14.6. The van der Waals surface area contributed by atoms with Crippen LogP contribution < -0.4 is 10.1 Å². The average Bonchev–Trinajstić information content (AvgIpc) is 3.11. The summed E-state index contributed by atoms with van der Waals surface area (Å²) in [6.07, 6.45) is 4.46. The number of carbonyl (C=O) groups excluding carboxylic acids is 1. The molecule has 1 aromatic rings. The first-order chi connectivity index (χ1) is 7.72. The highest BCUT2D eigenvalue weighted by Gasteiger charge is 2.24. The van der Waals surface area contributed by atoms with Gasteiger partial charge in [0.2, 0.25) is 0 Å². The summed E-state index contributed by atoms with van der Waals surface area (Å²) in [5, 5.41) is 3.37. The second-order valence-corrected chi connectivity index (χ2v) is 4.45. The van der Waals surface area contributed by atoms with Gasteiger partial charge in [0.05, 0.1) is 6.10 Å². The third kappa shape index (κ3) is 2.66. The van der Waals surface area contributed by atoms with Crippen LogP contribution in [0.25, 0.3) is 0 Å². The number of hydrogen-bond acceptors (Lipinski definition) is 4. The number of nitrogens with one attached hydrogen (secondary N) is 1. The molecule has 4 nitrogen and oxygen atoms in total. The van der Waals surface area contributed by atoms with Crippen molar-refractivity contribution in [3.05, 3.63) is 17.8 Å². The number of pyridine rings is 1. The standard InChI is InChI=1S/C11H14N2O2S/c1-12-11(14)9-5-8(15-7-3-4-7)6-10(13-9)16-2/h5-7H,3-4H2,1-2H3,(H,12,14). The Balaban J connectivity index is 2.25. The molecule has 1 saturated carbocycles. The van der Waals surface area contributed by atoms with Crippen LogP contribution in [0.2, 0.25) is 0 Å². The first kappa shape index (κ1) is 11.3. The largest absolute Gasteiger partial charge is 0.490 e. The molecule has 0 bridgehead atoms. The maximum atomic E-state index is 11.5. The molecule has 0 spiro atoms. The maximum Gasteiger partial charge on any atom is 0.269 e. The van der Waals surface area contributed by atoms with Crippen molar-refractivity contribution in [3.8, 4) is 5.75 Å². The van der Waals surface area contributed by atoms with E-state index in [4.69, 9.17) is 4.74 Å². The smallest absolute Gasteiger partial charge is 0.269 e. The molecule has 0 atom stereocenters. The lowest BCUT2D eigenvalue weighted by atomic mass is 10.3. The summed E-state index contributed by atoms with van der Waals surface area (Å²) in [5.41, 5.74) is 0.407. The number of rotatable bonds is 4. The van der Waals surface area contributed by atoms with Crippen molar-refractivity contribution < 1.29 is 9.53 Å². The van der Waals surface area contributed by atoms with Crippen molar-refractivity contribution in [1.82, 2.24) is 10.3 Å². The lowest BCUT2D eigenvalue weighted by Crippen LogP contribution is -2.19. The van der Waals surface area contributed by atoms with Crippen molar-refractivity contribution in [2.45, 2.75) is 24.0 Å². The molecule has 1 amide bonds. The molecule has 2 rings (SSSR count). The third-order valence-electron chi connectivity index (χ3n) is 2.27. The topological polar surface area (TPSA) is 51.2 Å². The second kappa shape index (κ2) is 4.74. The van der Waals surface area contributed by atoms with Crippen LogP contribution in [-0.4, -0.2) is 30.3 Å². The van der Waals surface area contributed by atoms with Crippen molar-refractivity contribution in [1.29, 1.82) is 0 Å². The fourth-order valence-electron chi connectivity index (χ4n) is 1.28. The molecule has 16 heavy (non-hydrogen) atoms. The van der Waals surface area contributed by atoms with Crippen LogP contribution >= 0.6 is 11.8 Å². The van der Waals surface area contributed by atoms with E-state index in [1.54, 1.807) is 13.1 Å². The zero-order chi connectivity index (χ0) is 11.5. The van der Waals surface area contributed by atoms with Crippen LogP contribution in [-0.2, 0) is 0 Å². The van der Waals surface area contributed by atoms with Gasteiger partial charge >= 0.3 is 0 Å². The van der Waals surface area contributed by atoms with Gasteiger partial charge in [-0.2, -0.15) is 0 Å². The molecule has 1 aliphatic carbocycles. The monoisotopic (exact) mass is 238 g/mol. The summed E-state index contributed by atoms with van der Waals surface area (Å²) in [6.45, 7) is 0. The molecule has 0 aliphatic heterocycles. The maximum absolute atomic E-state index is 11.5. The van der Waals surface area contributed by atoms with Gasteiger partial charge in [-0.05, 0) is 19.1 Å². The lowest BCUT2D eigenvalue weighted by molar-refractivity contribution is 0.0957. The molecule has 1 aromatic heterocycles. The number of hydrogen-bond donors (Lipinski definition) is 1. The molecule has 1 N–H and O–H groups in total. The Morgan fingerprint density at radius 3 is 2.88 bits per heavy atom. The van der Waals surface area contributed by atoms with Gasteiger partial charge in [0.15, 0.2) is 0 Å². The van der Waals surface area contributed by atoms with Gasteiger partial charge in [-0.25, -0.2) is 4.98 Å². The van der Waals surface area contributed by atoms with E-state index in [0.717, 1.165) is 23.6 Å². The van der Waals surface area contributed by atoms with Gasteiger partial charge in [-0.1, -0.05) is 0 Å². The molecule has 5 heteroatoms. The van der Waals surface area contributed by atoms with Gasteiger partial charge in [-0.3, -0.25) is 4.79 Å². The molecular weight excluding hydrogens is 224 g/mol. The highest BCUT2D eigenvalue weighted by molar-refractivity contribution is 7.98. The predicted molar refractivity (Wildman–Crippen MR) is 63.1 cm³/mol. The molecule has 1 aliphatic rings. The highest BCUT2D eigenvalue weighted by Crippen LogP contribution is 2.28. The summed E-state index contributed by atoms with van der Waals surface area (Å²) in [4.78, 5) is 15.7. The quantitative estimate of drug-likeness (QED) is 0.811. The number of carbonyl (C=O) groups is 1. The number of ether oxygens (including phenoxy) is 1. The molecule has 0 aromatic carbocycles. The number of amides is 1. The Hall–Kier alpha value is -1.23. The van der Waals surface area contributed by atoms with Gasteiger partial charge in [0, 0.05) is 19.2 Å². The van der Waals surface area contributed by atoms with Crippen molar-refractivity contribution in [2.24, 2.45) is 0 Å². The van der Waals surface area contributed by atoms with Crippen LogP contribution in [0.4, 0.5) is 0 Å². The SMILES string of the molecule is CNC(=O)c1cc(OC2CC2)cc(SC)n1. The zero-order valence-corrected chi connectivity index (χ0v) is 10.1. The molecule has 1 heterocycles. The van der Waals surface area contributed by atoms with Crippen molar-refractivity contribution in [3.63, 3.8) is 0 Å². The molecule has 1 fully saturated rings. The predicted octanol–water partition coefficient (Wildman–Crippen LogP) is 1.70. The van der Waals surface area contributed by atoms with E-state index in [1.165, 1.54) is 11.8 Å². The minimum Gasteiger partial charge on any atom is -0.490 e. The number of thioether (sulfide) groups is 1. The van der Waals surface area contributed by atoms with E-state index in [2.05, 4.69) is 10.3 Å². The van der Waals surface area contributed by atoms with E-state index < -0.39 is 0 Å². The van der Waals surface area contributed by atoms with Gasteiger partial charge < -0.3 is 10.1 Å². The van der Waals surface area contributed by atoms with Gasteiger partial charge in [0.1, 0.15) is 16.5 Å². The zero-order valence-electron chi connectivity index (χ0n) is 9.32. The Bertz CT molecular complexity index is 405. The minimum absolute atomic E-state index is 0.184. The molecule has 0 unspecified atom stereocenters. The van der Waals surface area contributed by atoms with Crippen LogP contribution in [0.1, 0.15) is 23.3 Å². The van der Waals surface area contributed by atoms with Crippen molar-refractivity contribution in [2.75, 3.05) is 13.3 Å². The van der Waals surface area contributed by atoms with Crippen molar-refractivity contribution >= 4 is 17.7 Å². The fraction of sp³-hybridized carbons (Fsp3) is 0.455. The van der Waals surface area contributed by atoms with E-state index in [1.807, 2.05) is 12.3 Å². The summed E-state index contributed by atoms with van der Waals surface area (Å²) in [6, 6.07) is 3.56. The molecule has 0 saturated heterocycles. The Morgan fingerprint density at radius 1 is 1.56 bits per heavy atom. The summed E-state index contributed by atoms with van der Waals surface area (Å²) in [5.74, 6) is 0.553. The van der Waals surface area contributed by atoms with Gasteiger partial charge in [0.25, 0.3) is 5.91 Å². The number of nitrogens with zero attached hydrogens (tertiary/aromatic N) is 1. The molecular formula is C11H14N2O2S. The first-order valence-electron chi connectivity index (χ1n) is 5.17. The molecule has 0 radical (unpaired) electrons. The van der Waals surface area contributed by atoms with Crippen LogP contribution in [0.15, 0.2) is 17.2 Å². The Morgan fingerprint density at radius 2 is 2.31 bits per heavy atom. The third-order valence-corrected chi connectivity index (χ3v) is 2.90. The Kier molecular flexibility index (Phi) is 3.33. The Labute approximate surface area is 98.8 Å². The summed E-state index contributed by atoms with van der Waals surface area (Å²) in [7, 11) is 1.59. The minimum atomic E-state index is -0.184. The van der Waals surface area contributed by atoms with E-state index in [-0.39, 0.29) is 5.91 Å². The fourth-order valence-corrected chi connectivity index (χ4v) is 1.70. The van der Waals surface area contributed by atoms with Crippen LogP contribution in [0.5, 0.6) is 5.75 Å². The van der Waals surface area contributed by atoms with Gasteiger partial charge in [-0.15, -0.1) is 11.8 Å². The average molecular weight is 238 g/mol. The second-order valence-electron chi connectivity index (χ2n) is 3.63. The van der Waals surface area contributed by atoms with Crippen LogP contribution in [0.3, 0.4) is 0 Å². The lowest BCUT2D eigenvalue weighted by Gasteiger charge is -2.08. The number of aromatic nitrogens is 1. The first-order valence-corrected chi connectivity index (χ1v) is 6.40. The van der Waals surface area contributed by atoms with E-state index in [0.29, 0.717) is 11.8 Å². The summed E-state index contributed by atoms with van der Waals surface area (Å²) < 4.78 is 5.67. The highest BCUT2D eigenvalue weighted by atomic mass is 32.2. The van der Waals surface area contributed by atoms with E-state index in [9.17, 15) is 4.79 Å².